The Bertz CT molecular complexity index is 244. The summed E-state index contributed by atoms with van der Waals surface area (Å²) in [7, 11) is 0. The summed E-state index contributed by atoms with van der Waals surface area (Å²) in [6, 6.07) is 0. The molecule has 0 saturated carbocycles. The lowest BCUT2D eigenvalue weighted by Crippen LogP contribution is -2.39. The van der Waals surface area contributed by atoms with Crippen LogP contribution in [0.15, 0.2) is 0 Å². The Morgan fingerprint density at radius 3 is 2.12 bits per heavy atom. The van der Waals surface area contributed by atoms with Crippen LogP contribution < -0.4 is 0 Å². The van der Waals surface area contributed by atoms with Crippen LogP contribution >= 0.6 is 0 Å². The first-order valence-corrected chi connectivity index (χ1v) is 6.31. The van der Waals surface area contributed by atoms with E-state index >= 15 is 0 Å². The fourth-order valence-electron chi connectivity index (χ4n) is 1.26. The van der Waals surface area contributed by atoms with E-state index < -0.39 is 11.2 Å². The van der Waals surface area contributed by atoms with Crippen molar-refractivity contribution in [1.82, 2.24) is 4.90 Å². The van der Waals surface area contributed by atoms with Crippen LogP contribution in [0.5, 0.6) is 0 Å². The van der Waals surface area contributed by atoms with E-state index in [-0.39, 0.29) is 6.09 Å². The Morgan fingerprint density at radius 1 is 1.24 bits per heavy atom. The minimum absolute atomic E-state index is 0.313. The average molecular weight is 245 g/mol. The van der Waals surface area contributed by atoms with Gasteiger partial charge in [-0.1, -0.05) is 6.92 Å². The second kappa shape index (κ2) is 6.24. The number of ether oxygens (including phenoxy) is 1. The van der Waals surface area contributed by atoms with Crippen LogP contribution in [0.4, 0.5) is 4.79 Å². The van der Waals surface area contributed by atoms with Crippen LogP contribution in [0.2, 0.25) is 0 Å². The van der Waals surface area contributed by atoms with Crippen molar-refractivity contribution in [1.29, 1.82) is 0 Å². The normalized spacial score (nSPS) is 15.2. The zero-order valence-corrected chi connectivity index (χ0v) is 12.0. The molecule has 0 fully saturated rings. The predicted molar refractivity (Wildman–Crippen MR) is 69.0 cm³/mol. The molecular weight excluding hydrogens is 218 g/mol. The van der Waals surface area contributed by atoms with E-state index in [0.29, 0.717) is 25.9 Å². The maximum absolute atomic E-state index is 11.8. The highest BCUT2D eigenvalue weighted by Gasteiger charge is 2.24. The van der Waals surface area contributed by atoms with E-state index in [2.05, 4.69) is 0 Å². The van der Waals surface area contributed by atoms with E-state index in [1.807, 2.05) is 34.6 Å². The molecule has 0 heterocycles. The van der Waals surface area contributed by atoms with Gasteiger partial charge in [0.25, 0.3) is 0 Å². The Balaban J connectivity index is 4.30. The van der Waals surface area contributed by atoms with Gasteiger partial charge >= 0.3 is 6.09 Å². The number of hydrogen-bond donors (Lipinski definition) is 1. The lowest BCUT2D eigenvalue weighted by Gasteiger charge is -2.29. The van der Waals surface area contributed by atoms with Crippen LogP contribution in [0, 0.1) is 0 Å². The van der Waals surface area contributed by atoms with Gasteiger partial charge in [0.1, 0.15) is 5.60 Å². The van der Waals surface area contributed by atoms with Crippen LogP contribution in [0.25, 0.3) is 0 Å². The van der Waals surface area contributed by atoms with Crippen molar-refractivity contribution >= 4 is 6.09 Å². The molecule has 4 nitrogen and oxygen atoms in total. The molecule has 1 N–H and O–H groups in total. The molecule has 17 heavy (non-hydrogen) atoms. The van der Waals surface area contributed by atoms with Gasteiger partial charge in [0.15, 0.2) is 0 Å². The fourth-order valence-corrected chi connectivity index (χ4v) is 1.26. The Hall–Kier alpha value is -0.770. The van der Waals surface area contributed by atoms with Crippen molar-refractivity contribution in [3.8, 4) is 0 Å². The summed E-state index contributed by atoms with van der Waals surface area (Å²) in [5, 5.41) is 9.90. The molecule has 0 aliphatic heterocycles. The van der Waals surface area contributed by atoms with Crippen LogP contribution in [0.3, 0.4) is 0 Å². The van der Waals surface area contributed by atoms with Gasteiger partial charge in [-0.2, -0.15) is 0 Å². The lowest BCUT2D eigenvalue weighted by molar-refractivity contribution is 0.0113. The molecule has 0 saturated heterocycles. The zero-order chi connectivity index (χ0) is 13.7. The molecule has 0 spiro atoms. The van der Waals surface area contributed by atoms with Crippen molar-refractivity contribution < 1.29 is 14.6 Å². The Kier molecular flexibility index (Phi) is 5.96. The molecule has 0 aliphatic carbocycles. The molecule has 102 valence electrons. The van der Waals surface area contributed by atoms with Gasteiger partial charge in [0, 0.05) is 13.1 Å². The highest BCUT2D eigenvalue weighted by Crippen LogP contribution is 2.16. The van der Waals surface area contributed by atoms with Gasteiger partial charge in [-0.25, -0.2) is 4.79 Å². The third-order valence-electron chi connectivity index (χ3n) is 2.72. The standard InChI is InChI=1S/C13H27NO3/c1-7-13(6,16)9-10-14(8-2)11(15)17-12(3,4)5/h16H,7-10H2,1-6H3. The topological polar surface area (TPSA) is 49.8 Å². The second-order valence-electron chi connectivity index (χ2n) is 5.66. The van der Waals surface area contributed by atoms with E-state index in [0.717, 1.165) is 0 Å². The fraction of sp³-hybridized carbons (Fsp3) is 0.923. The van der Waals surface area contributed by atoms with E-state index in [9.17, 15) is 9.90 Å². The maximum Gasteiger partial charge on any atom is 0.410 e. The molecule has 1 unspecified atom stereocenters. The molecule has 0 aromatic carbocycles. The van der Waals surface area contributed by atoms with E-state index in [4.69, 9.17) is 4.74 Å². The number of amides is 1. The Morgan fingerprint density at radius 2 is 1.76 bits per heavy atom. The van der Waals surface area contributed by atoms with Gasteiger partial charge in [-0.3, -0.25) is 0 Å². The van der Waals surface area contributed by atoms with Crippen molar-refractivity contribution in [2.45, 2.75) is 65.6 Å². The highest BCUT2D eigenvalue weighted by molar-refractivity contribution is 5.68. The van der Waals surface area contributed by atoms with Crippen molar-refractivity contribution in [3.63, 3.8) is 0 Å². The van der Waals surface area contributed by atoms with Gasteiger partial charge in [0.2, 0.25) is 0 Å². The van der Waals surface area contributed by atoms with Crippen LogP contribution in [-0.4, -0.2) is 40.4 Å². The van der Waals surface area contributed by atoms with E-state index in [1.165, 1.54) is 0 Å². The molecule has 0 radical (unpaired) electrons. The third kappa shape index (κ3) is 7.21. The van der Waals surface area contributed by atoms with Gasteiger partial charge in [-0.15, -0.1) is 0 Å². The summed E-state index contributed by atoms with van der Waals surface area (Å²) in [5.74, 6) is 0. The molecule has 0 aromatic rings. The lowest BCUT2D eigenvalue weighted by atomic mass is 9.99. The summed E-state index contributed by atoms with van der Waals surface area (Å²) in [5.41, 5.74) is -1.19. The summed E-state index contributed by atoms with van der Waals surface area (Å²) in [6.07, 6.45) is 0.932. The average Bonchev–Trinajstić information content (AvgIpc) is 2.15. The summed E-state index contributed by atoms with van der Waals surface area (Å²) in [6.45, 7) is 12.3. The number of nitrogens with zero attached hydrogens (tertiary/aromatic N) is 1. The number of carbonyl (C=O) groups excluding carboxylic acids is 1. The number of hydrogen-bond acceptors (Lipinski definition) is 3. The van der Waals surface area contributed by atoms with Crippen molar-refractivity contribution in [2.24, 2.45) is 0 Å². The molecule has 1 amide bonds. The summed E-state index contributed by atoms with van der Waals surface area (Å²) < 4.78 is 5.29. The van der Waals surface area contributed by atoms with Crippen LogP contribution in [0.1, 0.15) is 54.4 Å². The largest absolute Gasteiger partial charge is 0.444 e. The third-order valence-corrected chi connectivity index (χ3v) is 2.72. The first-order chi connectivity index (χ1) is 7.61. The molecule has 4 heteroatoms. The minimum Gasteiger partial charge on any atom is -0.444 e. The summed E-state index contributed by atoms with van der Waals surface area (Å²) >= 11 is 0. The van der Waals surface area contributed by atoms with Crippen molar-refractivity contribution in [3.05, 3.63) is 0 Å². The highest BCUT2D eigenvalue weighted by atomic mass is 16.6. The molecule has 0 aromatic heterocycles. The quantitative estimate of drug-likeness (QED) is 0.810. The molecular formula is C13H27NO3. The number of carbonyl (C=O) groups is 1. The van der Waals surface area contributed by atoms with Gasteiger partial charge in [-0.05, 0) is 47.5 Å². The second-order valence-corrected chi connectivity index (χ2v) is 5.66. The Labute approximate surface area is 105 Å². The van der Waals surface area contributed by atoms with Crippen molar-refractivity contribution in [2.75, 3.05) is 13.1 Å². The molecule has 0 rings (SSSR count). The minimum atomic E-state index is -0.713. The smallest absolute Gasteiger partial charge is 0.410 e. The SMILES string of the molecule is CCN(CCC(C)(O)CC)C(=O)OC(C)(C)C. The summed E-state index contributed by atoms with van der Waals surface area (Å²) in [4.78, 5) is 13.4. The first kappa shape index (κ1) is 16.2. The number of aliphatic hydroxyl groups is 1. The molecule has 0 bridgehead atoms. The van der Waals surface area contributed by atoms with Crippen LogP contribution in [-0.2, 0) is 4.74 Å². The molecule has 1 atom stereocenters. The maximum atomic E-state index is 11.8. The van der Waals surface area contributed by atoms with Gasteiger partial charge < -0.3 is 14.7 Å². The first-order valence-electron chi connectivity index (χ1n) is 6.31. The van der Waals surface area contributed by atoms with Gasteiger partial charge in [0.05, 0.1) is 5.60 Å². The van der Waals surface area contributed by atoms with E-state index in [1.54, 1.807) is 11.8 Å². The molecule has 0 aliphatic rings. The monoisotopic (exact) mass is 245 g/mol. The number of rotatable bonds is 5. The zero-order valence-electron chi connectivity index (χ0n) is 12.0. The predicted octanol–water partition coefficient (Wildman–Crippen LogP) is 2.79.